The molecule has 0 aliphatic carbocycles. The topological polar surface area (TPSA) is 57.3 Å². The van der Waals surface area contributed by atoms with Gasteiger partial charge in [0.25, 0.3) is 5.91 Å². The van der Waals surface area contributed by atoms with Crippen molar-refractivity contribution in [2.45, 2.75) is 31.8 Å². The maximum atomic E-state index is 12.6. The van der Waals surface area contributed by atoms with Crippen molar-refractivity contribution >= 4 is 47.2 Å². The molecule has 142 valence electrons. The Bertz CT molecular complexity index is 761. The van der Waals surface area contributed by atoms with E-state index >= 15 is 0 Å². The predicted octanol–water partition coefficient (Wildman–Crippen LogP) is 3.65. The minimum atomic E-state index is -0.0747. The van der Waals surface area contributed by atoms with Crippen LogP contribution in [0.25, 0.3) is 0 Å². The highest BCUT2D eigenvalue weighted by Gasteiger charge is 2.20. The van der Waals surface area contributed by atoms with E-state index in [0.29, 0.717) is 16.7 Å². The van der Waals surface area contributed by atoms with Gasteiger partial charge in [-0.05, 0) is 44.1 Å². The second-order valence-corrected chi connectivity index (χ2v) is 7.69. The van der Waals surface area contributed by atoms with Crippen molar-refractivity contribution in [1.82, 2.24) is 15.2 Å². The summed E-state index contributed by atoms with van der Waals surface area (Å²) in [6.45, 7) is 3.01. The Morgan fingerprint density at radius 1 is 1.38 bits per heavy atom. The average Bonchev–Trinajstić information content (AvgIpc) is 3.23. The predicted molar refractivity (Wildman–Crippen MR) is 111 cm³/mol. The summed E-state index contributed by atoms with van der Waals surface area (Å²) < 4.78 is 0. The van der Waals surface area contributed by atoms with Crippen molar-refractivity contribution in [2.24, 2.45) is 0 Å². The molecule has 3 heterocycles. The van der Waals surface area contributed by atoms with Crippen LogP contribution < -0.4 is 10.6 Å². The number of amides is 1. The number of hydrogen-bond acceptors (Lipinski definition) is 5. The van der Waals surface area contributed by atoms with Crippen LogP contribution in [0.15, 0.2) is 24.3 Å². The number of hydrogen-bond donors (Lipinski definition) is 2. The molecule has 1 amide bonds. The molecule has 1 aromatic carbocycles. The summed E-state index contributed by atoms with van der Waals surface area (Å²) in [5.41, 5.74) is 3.03. The number of halogens is 2. The van der Waals surface area contributed by atoms with Crippen molar-refractivity contribution in [1.29, 1.82) is 0 Å². The number of nitrogens with zero attached hydrogens (tertiary/aromatic N) is 2. The van der Waals surface area contributed by atoms with Gasteiger partial charge in [0.1, 0.15) is 0 Å². The van der Waals surface area contributed by atoms with Crippen LogP contribution in [-0.4, -0.2) is 35.9 Å². The first-order chi connectivity index (χ1) is 11.7. The van der Waals surface area contributed by atoms with E-state index in [0.717, 1.165) is 38.2 Å². The molecule has 0 radical (unpaired) electrons. The third-order valence-electron chi connectivity index (χ3n) is 4.75. The fourth-order valence-electron chi connectivity index (χ4n) is 3.41. The quantitative estimate of drug-likeness (QED) is 0.804. The van der Waals surface area contributed by atoms with Crippen LogP contribution in [-0.2, 0) is 13.0 Å². The van der Waals surface area contributed by atoms with E-state index in [9.17, 15) is 4.79 Å². The van der Waals surface area contributed by atoms with Crippen molar-refractivity contribution < 1.29 is 4.79 Å². The number of carbonyl (C=O) groups excluding carboxylic acids is 1. The zero-order valence-corrected chi connectivity index (χ0v) is 17.1. The Morgan fingerprint density at radius 3 is 3.00 bits per heavy atom. The monoisotopic (exact) mass is 414 g/mol. The Labute approximate surface area is 170 Å². The molecule has 5 nitrogen and oxygen atoms in total. The van der Waals surface area contributed by atoms with Gasteiger partial charge in [0, 0.05) is 36.0 Å². The molecule has 1 fully saturated rings. The van der Waals surface area contributed by atoms with Crippen LogP contribution in [0, 0.1) is 0 Å². The number of likely N-dealkylation sites (N-methyl/N-ethyl adjacent to an activating group) is 1. The van der Waals surface area contributed by atoms with Gasteiger partial charge in [-0.25, -0.2) is 4.98 Å². The number of carbonyl (C=O) groups is 1. The van der Waals surface area contributed by atoms with E-state index in [4.69, 9.17) is 0 Å². The Hall–Kier alpha value is -1.18. The van der Waals surface area contributed by atoms with Crippen LogP contribution in [0.1, 0.15) is 45.4 Å². The molecule has 1 unspecified atom stereocenters. The first kappa shape index (κ1) is 21.1. The molecular weight excluding hydrogens is 391 g/mol. The van der Waals surface area contributed by atoms with Crippen molar-refractivity contribution in [2.75, 3.05) is 25.5 Å². The highest BCUT2D eigenvalue weighted by molar-refractivity contribution is 7.15. The molecule has 0 saturated carbocycles. The number of nitrogens with one attached hydrogen (secondary N) is 2. The summed E-state index contributed by atoms with van der Waals surface area (Å²) in [4.78, 5) is 20.7. The first-order valence-corrected chi connectivity index (χ1v) is 9.32. The van der Waals surface area contributed by atoms with Gasteiger partial charge in [-0.2, -0.15) is 0 Å². The summed E-state index contributed by atoms with van der Waals surface area (Å²) in [7, 11) is 2.11. The highest BCUT2D eigenvalue weighted by atomic mass is 35.5. The molecule has 2 aliphatic rings. The Morgan fingerprint density at radius 2 is 2.23 bits per heavy atom. The lowest BCUT2D eigenvalue weighted by atomic mass is 10.0. The van der Waals surface area contributed by atoms with Gasteiger partial charge in [-0.15, -0.1) is 36.2 Å². The second-order valence-electron chi connectivity index (χ2n) is 6.61. The smallest absolute Gasteiger partial charge is 0.257 e. The van der Waals surface area contributed by atoms with Gasteiger partial charge in [-0.3, -0.25) is 10.1 Å². The lowest BCUT2D eigenvalue weighted by Gasteiger charge is -2.20. The van der Waals surface area contributed by atoms with Crippen molar-refractivity contribution in [3.05, 3.63) is 46.0 Å². The maximum Gasteiger partial charge on any atom is 0.257 e. The molecule has 4 rings (SSSR count). The van der Waals surface area contributed by atoms with Crippen molar-refractivity contribution in [3.8, 4) is 0 Å². The van der Waals surface area contributed by atoms with Gasteiger partial charge in [0.05, 0.1) is 5.69 Å². The van der Waals surface area contributed by atoms with E-state index in [1.54, 1.807) is 11.3 Å². The lowest BCUT2D eigenvalue weighted by molar-refractivity contribution is 0.102. The molecule has 0 bridgehead atoms. The molecule has 2 aliphatic heterocycles. The lowest BCUT2D eigenvalue weighted by Crippen LogP contribution is -2.25. The molecule has 26 heavy (non-hydrogen) atoms. The van der Waals surface area contributed by atoms with E-state index in [-0.39, 0.29) is 30.7 Å². The third-order valence-corrected chi connectivity index (χ3v) is 5.75. The molecule has 1 aromatic heterocycles. The number of benzene rings is 1. The summed E-state index contributed by atoms with van der Waals surface area (Å²) >= 11 is 1.59. The van der Waals surface area contributed by atoms with Gasteiger partial charge in [0.15, 0.2) is 5.13 Å². The minimum Gasteiger partial charge on any atom is -0.310 e. The van der Waals surface area contributed by atoms with Crippen LogP contribution in [0.4, 0.5) is 5.13 Å². The molecule has 8 heteroatoms. The standard InChI is InChI=1S/C18H22N4OS.2ClH/c1-22-9-7-15-16(11-22)24-18(20-15)21-17(23)13-5-2-4-12(10-13)14-6-3-8-19-14;;/h2,4-5,10,14,19H,3,6-9,11H2,1H3,(H,20,21,23);2*1H. The fraction of sp³-hybridized carbons (Fsp3) is 0.444. The van der Waals surface area contributed by atoms with Gasteiger partial charge in [-0.1, -0.05) is 12.1 Å². The van der Waals surface area contributed by atoms with Gasteiger partial charge < -0.3 is 10.2 Å². The van der Waals surface area contributed by atoms with E-state index < -0.39 is 0 Å². The third kappa shape index (κ3) is 4.56. The molecule has 2 aromatic rings. The summed E-state index contributed by atoms with van der Waals surface area (Å²) in [6.07, 6.45) is 3.29. The zero-order chi connectivity index (χ0) is 16.5. The number of thiazole rings is 1. The highest BCUT2D eigenvalue weighted by Crippen LogP contribution is 2.28. The summed E-state index contributed by atoms with van der Waals surface area (Å²) in [6, 6.07) is 8.30. The number of anilines is 1. The average molecular weight is 415 g/mol. The Balaban J connectivity index is 0.00000121. The summed E-state index contributed by atoms with van der Waals surface area (Å²) in [5.74, 6) is -0.0747. The molecule has 1 atom stereocenters. The number of rotatable bonds is 3. The normalized spacial score (nSPS) is 19.2. The zero-order valence-electron chi connectivity index (χ0n) is 14.7. The Kier molecular flexibility index (Phi) is 7.43. The van der Waals surface area contributed by atoms with Gasteiger partial charge >= 0.3 is 0 Å². The maximum absolute atomic E-state index is 12.6. The van der Waals surface area contributed by atoms with E-state index in [1.165, 1.54) is 16.9 Å². The molecular formula is C18H24Cl2N4OS. The molecule has 2 N–H and O–H groups in total. The fourth-order valence-corrected chi connectivity index (χ4v) is 4.50. The van der Waals surface area contributed by atoms with Crippen LogP contribution >= 0.6 is 36.2 Å². The van der Waals surface area contributed by atoms with Crippen LogP contribution in [0.2, 0.25) is 0 Å². The van der Waals surface area contributed by atoms with Crippen LogP contribution in [0.5, 0.6) is 0 Å². The second kappa shape index (κ2) is 9.15. The number of fused-ring (bicyclic) bond motifs is 1. The first-order valence-electron chi connectivity index (χ1n) is 8.51. The summed E-state index contributed by atoms with van der Waals surface area (Å²) in [5, 5.41) is 7.17. The number of aromatic nitrogens is 1. The molecule has 1 saturated heterocycles. The van der Waals surface area contributed by atoms with Crippen LogP contribution in [0.3, 0.4) is 0 Å². The minimum absolute atomic E-state index is 0. The van der Waals surface area contributed by atoms with E-state index in [2.05, 4.69) is 33.6 Å². The SMILES string of the molecule is CN1CCc2nc(NC(=O)c3cccc(C4CCCN4)c3)sc2C1.Cl.Cl. The van der Waals surface area contributed by atoms with Gasteiger partial charge in [0.2, 0.25) is 0 Å². The molecule has 0 spiro atoms. The van der Waals surface area contributed by atoms with E-state index in [1.807, 2.05) is 18.2 Å². The largest absolute Gasteiger partial charge is 0.310 e. The van der Waals surface area contributed by atoms with Crippen molar-refractivity contribution in [3.63, 3.8) is 0 Å².